The molecule has 4 aromatic rings. The Morgan fingerprint density at radius 1 is 1.00 bits per heavy atom. The Kier molecular flexibility index (Phi) is 15.4. The number of carbonyl (C=O) groups is 2. The molecule has 1 unspecified atom stereocenters. The number of pyridine rings is 1. The van der Waals surface area contributed by atoms with Gasteiger partial charge in [0.15, 0.2) is 11.5 Å². The first-order valence-corrected chi connectivity index (χ1v) is 17.3. The first-order chi connectivity index (χ1) is 24.6. The number of carboxylic acid groups (broad SMARTS) is 2. The largest absolute Gasteiger partial charge is 0.493 e. The Labute approximate surface area is 306 Å². The molecule has 1 saturated heterocycles. The lowest BCUT2D eigenvalue weighted by Gasteiger charge is -2.32. The zero-order valence-electron chi connectivity index (χ0n) is 28.6. The van der Waals surface area contributed by atoms with Crippen molar-refractivity contribution in [2.24, 2.45) is 5.92 Å². The highest BCUT2D eigenvalue weighted by Gasteiger charge is 2.27. The number of aromatic nitrogens is 1. The second-order valence-corrected chi connectivity index (χ2v) is 13.1. The lowest BCUT2D eigenvalue weighted by Crippen LogP contribution is -2.38. The van der Waals surface area contributed by atoms with Crippen molar-refractivity contribution in [3.05, 3.63) is 130 Å². The second-order valence-electron chi connectivity index (χ2n) is 12.2. The molecule has 1 aromatic heterocycles. The van der Waals surface area contributed by atoms with Crippen LogP contribution in [-0.2, 0) is 9.59 Å². The molecular formula is C39H43BrFN3O7. The number of nitrogens with one attached hydrogen (secondary N) is 1. The summed E-state index contributed by atoms with van der Waals surface area (Å²) in [7, 11) is 4.22. The molecule has 3 N–H and O–H groups in total. The van der Waals surface area contributed by atoms with Gasteiger partial charge in [0, 0.05) is 53.0 Å². The van der Waals surface area contributed by atoms with E-state index in [4.69, 9.17) is 24.4 Å². The van der Waals surface area contributed by atoms with Crippen LogP contribution >= 0.6 is 15.9 Å². The quantitative estimate of drug-likeness (QED) is 0.138. The summed E-state index contributed by atoms with van der Waals surface area (Å²) in [4.78, 5) is 25.8. The number of aliphatic carboxylic acids is 2. The smallest absolute Gasteiger partial charge is 0.328 e. The molecule has 270 valence electrons. The molecule has 0 bridgehead atoms. The number of benzene rings is 3. The van der Waals surface area contributed by atoms with Crippen molar-refractivity contribution in [2.45, 2.75) is 24.7 Å². The van der Waals surface area contributed by atoms with Gasteiger partial charge in [0.25, 0.3) is 0 Å². The summed E-state index contributed by atoms with van der Waals surface area (Å²) in [6, 6.07) is 27.2. The summed E-state index contributed by atoms with van der Waals surface area (Å²) in [6.45, 7) is 3.79. The number of carboxylic acids is 2. The van der Waals surface area contributed by atoms with E-state index in [-0.39, 0.29) is 12.6 Å². The molecular weight excluding hydrogens is 721 g/mol. The summed E-state index contributed by atoms with van der Waals surface area (Å²) >= 11 is 3.49. The van der Waals surface area contributed by atoms with E-state index in [1.165, 1.54) is 23.3 Å². The van der Waals surface area contributed by atoms with E-state index in [0.717, 1.165) is 59.9 Å². The first kappa shape index (κ1) is 39.0. The van der Waals surface area contributed by atoms with Crippen molar-refractivity contribution < 1.29 is 38.4 Å². The molecule has 6 rings (SSSR count). The fourth-order valence-electron chi connectivity index (χ4n) is 5.71. The molecule has 10 nitrogen and oxygen atoms in total. The van der Waals surface area contributed by atoms with Crippen molar-refractivity contribution in [1.82, 2.24) is 15.2 Å². The normalized spacial score (nSPS) is 16.7. The molecule has 2 aliphatic heterocycles. The Morgan fingerprint density at radius 2 is 1.71 bits per heavy atom. The third kappa shape index (κ3) is 13.1. The molecule has 3 atom stereocenters. The number of rotatable bonds is 11. The summed E-state index contributed by atoms with van der Waals surface area (Å²) in [5, 5.41) is 19.0. The Hall–Kier alpha value is -4.78. The third-order valence-corrected chi connectivity index (χ3v) is 8.79. The molecule has 0 spiro atoms. The van der Waals surface area contributed by atoms with Gasteiger partial charge >= 0.3 is 11.9 Å². The van der Waals surface area contributed by atoms with Crippen LogP contribution in [0.4, 0.5) is 4.39 Å². The van der Waals surface area contributed by atoms with Crippen LogP contribution in [0.1, 0.15) is 41.5 Å². The number of nitrogens with zero attached hydrogens (tertiary/aromatic N) is 2. The van der Waals surface area contributed by atoms with Crippen LogP contribution in [0.3, 0.4) is 0 Å². The van der Waals surface area contributed by atoms with Gasteiger partial charge < -0.3 is 34.6 Å². The summed E-state index contributed by atoms with van der Waals surface area (Å²) in [6.07, 6.45) is 5.09. The van der Waals surface area contributed by atoms with Crippen molar-refractivity contribution in [3.8, 4) is 17.2 Å². The summed E-state index contributed by atoms with van der Waals surface area (Å²) in [5.74, 6) is 0.630. The maximum atomic E-state index is 13.2. The minimum Gasteiger partial charge on any atom is -0.493 e. The highest BCUT2D eigenvalue weighted by atomic mass is 79.9. The molecule has 0 amide bonds. The van der Waals surface area contributed by atoms with E-state index >= 15 is 0 Å². The zero-order chi connectivity index (χ0) is 36.6. The minimum atomic E-state index is -1.26. The van der Waals surface area contributed by atoms with E-state index < -0.39 is 11.9 Å². The third-order valence-electron chi connectivity index (χ3n) is 8.26. The van der Waals surface area contributed by atoms with E-state index in [9.17, 15) is 14.0 Å². The lowest BCUT2D eigenvalue weighted by molar-refractivity contribution is -0.134. The number of fused-ring (bicyclic) bond motifs is 1. The van der Waals surface area contributed by atoms with Crippen LogP contribution < -0.4 is 19.5 Å². The number of piperidine rings is 1. The molecule has 2 aliphatic rings. The number of hydrogen-bond donors (Lipinski definition) is 3. The van der Waals surface area contributed by atoms with Gasteiger partial charge in [0.2, 0.25) is 6.79 Å². The van der Waals surface area contributed by atoms with Crippen molar-refractivity contribution >= 4 is 27.9 Å². The fraction of sp³-hybridized carbons (Fsp3) is 0.308. The second kappa shape index (κ2) is 20.2. The maximum Gasteiger partial charge on any atom is 0.328 e. The molecule has 0 radical (unpaired) electrons. The van der Waals surface area contributed by atoms with Crippen molar-refractivity contribution in [3.63, 3.8) is 0 Å². The SMILES string of the molecule is CN(C)CCC(c1ccc(Br)cc1)c1ccccn1.Fc1ccc([C@@H]2CCNC[C@H]2COc2ccc3c(c2)OCO3)cc1.O=C(O)/C=C\C(=O)O. The molecule has 3 aromatic carbocycles. The highest BCUT2D eigenvalue weighted by Crippen LogP contribution is 2.36. The van der Waals surface area contributed by atoms with Gasteiger partial charge in [0.05, 0.1) is 6.61 Å². The molecule has 51 heavy (non-hydrogen) atoms. The van der Waals surface area contributed by atoms with E-state index in [1.54, 1.807) is 0 Å². The van der Waals surface area contributed by atoms with Crippen LogP contribution in [0.2, 0.25) is 0 Å². The van der Waals surface area contributed by atoms with Crippen LogP contribution in [0.15, 0.2) is 108 Å². The Bertz CT molecular complexity index is 1690. The van der Waals surface area contributed by atoms with E-state index in [1.807, 2.05) is 42.6 Å². The number of halogens is 2. The lowest BCUT2D eigenvalue weighted by atomic mass is 9.81. The molecule has 12 heteroatoms. The minimum absolute atomic E-state index is 0.194. The molecule has 3 heterocycles. The molecule has 0 saturated carbocycles. The fourth-order valence-corrected chi connectivity index (χ4v) is 5.97. The standard InChI is InChI=1S/C19H20FNO3.C16H19BrN2.C4H4O4/c20-15-3-1-13(2-4-15)17-7-8-21-10-14(17)11-22-16-5-6-18-19(9-16)24-12-23-18;1-19(2)12-10-15(16-5-3-4-11-18-16)13-6-8-14(17)9-7-13;5-3(6)1-2-4(7)8/h1-6,9,14,17,21H,7-8,10-12H2;3-9,11,15H,10,12H2,1-2H3;1-2H,(H,5,6)(H,7,8)/b;;2-1-/t14-,17-;;/m0../s1. The maximum absolute atomic E-state index is 13.2. The van der Waals surface area contributed by atoms with Crippen molar-refractivity contribution in [1.29, 1.82) is 0 Å². The Morgan fingerprint density at radius 3 is 2.35 bits per heavy atom. The van der Waals surface area contributed by atoms with Crippen LogP contribution in [-0.4, -0.2) is 79.2 Å². The van der Waals surface area contributed by atoms with Crippen molar-refractivity contribution in [2.75, 3.05) is 47.1 Å². The predicted octanol–water partition coefficient (Wildman–Crippen LogP) is 6.97. The van der Waals surface area contributed by atoms with Gasteiger partial charge in [-0.05, 0) is 106 Å². The summed E-state index contributed by atoms with van der Waals surface area (Å²) in [5.41, 5.74) is 3.65. The number of hydrogen-bond acceptors (Lipinski definition) is 8. The Balaban J connectivity index is 0.000000193. The number of ether oxygens (including phenoxy) is 3. The molecule has 0 aliphatic carbocycles. The van der Waals surface area contributed by atoms with Crippen LogP contribution in [0.25, 0.3) is 0 Å². The highest BCUT2D eigenvalue weighted by molar-refractivity contribution is 9.10. The van der Waals surface area contributed by atoms with Gasteiger partial charge in [-0.2, -0.15) is 0 Å². The molecule has 1 fully saturated rings. The van der Waals surface area contributed by atoms with Gasteiger partial charge in [-0.25, -0.2) is 14.0 Å². The van der Waals surface area contributed by atoms with E-state index in [0.29, 0.717) is 36.5 Å². The first-order valence-electron chi connectivity index (χ1n) is 16.5. The zero-order valence-corrected chi connectivity index (χ0v) is 30.2. The van der Waals surface area contributed by atoms with Gasteiger partial charge in [-0.1, -0.05) is 46.3 Å². The van der Waals surface area contributed by atoms with Crippen LogP contribution in [0.5, 0.6) is 17.2 Å². The van der Waals surface area contributed by atoms with Gasteiger partial charge in [-0.3, -0.25) is 4.98 Å². The van der Waals surface area contributed by atoms with Gasteiger partial charge in [-0.15, -0.1) is 0 Å². The van der Waals surface area contributed by atoms with Crippen LogP contribution in [0, 0.1) is 11.7 Å². The average Bonchev–Trinajstić information content (AvgIpc) is 3.60. The van der Waals surface area contributed by atoms with E-state index in [2.05, 4.69) is 81.6 Å². The predicted molar refractivity (Wildman–Crippen MR) is 196 cm³/mol. The monoisotopic (exact) mass is 763 g/mol. The topological polar surface area (TPSA) is 130 Å². The average molecular weight is 765 g/mol. The van der Waals surface area contributed by atoms with Gasteiger partial charge in [0.1, 0.15) is 11.6 Å². The summed E-state index contributed by atoms with van der Waals surface area (Å²) < 4.78 is 31.0.